The zero-order valence-electron chi connectivity index (χ0n) is 14.7. The molecule has 0 radical (unpaired) electrons. The number of hydrogen-bond acceptors (Lipinski definition) is 3. The number of hydrogen-bond donors (Lipinski definition) is 0. The molecule has 2 aromatic carbocycles. The Morgan fingerprint density at radius 3 is 2.35 bits per heavy atom. The lowest BCUT2D eigenvalue weighted by molar-refractivity contribution is -0.134. The Morgan fingerprint density at radius 2 is 1.58 bits per heavy atom. The molecule has 1 aliphatic heterocycles. The summed E-state index contributed by atoms with van der Waals surface area (Å²) in [4.78, 5) is 40.7. The van der Waals surface area contributed by atoms with Gasteiger partial charge in [0, 0.05) is 12.3 Å². The van der Waals surface area contributed by atoms with Gasteiger partial charge in [-0.3, -0.25) is 14.4 Å². The van der Waals surface area contributed by atoms with E-state index in [4.69, 9.17) is 0 Å². The number of fused-ring (bicyclic) bond motifs is 1. The van der Waals surface area contributed by atoms with Crippen molar-refractivity contribution in [1.29, 1.82) is 0 Å². The molecule has 4 nitrogen and oxygen atoms in total. The van der Waals surface area contributed by atoms with Gasteiger partial charge in [0.1, 0.15) is 5.78 Å². The van der Waals surface area contributed by atoms with Crippen molar-refractivity contribution in [3.63, 3.8) is 0 Å². The van der Waals surface area contributed by atoms with E-state index in [2.05, 4.69) is 0 Å². The normalized spacial score (nSPS) is 29.2. The molecule has 130 valence electrons. The van der Waals surface area contributed by atoms with Crippen LogP contribution in [0, 0.1) is 25.7 Å². The number of anilines is 1. The van der Waals surface area contributed by atoms with Gasteiger partial charge < -0.3 is 0 Å². The molecule has 1 saturated carbocycles. The zero-order chi connectivity index (χ0) is 18.2. The van der Waals surface area contributed by atoms with Crippen LogP contribution in [0.2, 0.25) is 0 Å². The topological polar surface area (TPSA) is 54.5 Å². The fourth-order valence-electron chi connectivity index (χ4n) is 5.16. The summed E-state index contributed by atoms with van der Waals surface area (Å²) in [7, 11) is 0. The minimum atomic E-state index is -0.552. The van der Waals surface area contributed by atoms with Gasteiger partial charge in [0.15, 0.2) is 0 Å². The lowest BCUT2D eigenvalue weighted by atomic mass is 9.56. The highest BCUT2D eigenvalue weighted by atomic mass is 16.2. The molecular weight excluding hydrogens is 326 g/mol. The first-order chi connectivity index (χ1) is 12.5. The van der Waals surface area contributed by atoms with E-state index < -0.39 is 17.8 Å². The lowest BCUT2D eigenvalue weighted by Gasteiger charge is -2.43. The smallest absolute Gasteiger partial charge is 0.238 e. The van der Waals surface area contributed by atoms with Gasteiger partial charge in [-0.2, -0.15) is 0 Å². The minimum Gasteiger partial charge on any atom is -0.299 e. The maximum Gasteiger partial charge on any atom is 0.238 e. The van der Waals surface area contributed by atoms with Crippen LogP contribution in [0.1, 0.15) is 40.5 Å². The van der Waals surface area contributed by atoms with Gasteiger partial charge in [-0.15, -0.1) is 0 Å². The molecule has 2 amide bonds. The van der Waals surface area contributed by atoms with E-state index >= 15 is 0 Å². The Labute approximate surface area is 151 Å². The van der Waals surface area contributed by atoms with Gasteiger partial charge >= 0.3 is 0 Å². The van der Waals surface area contributed by atoms with E-state index in [0.717, 1.165) is 22.3 Å². The molecule has 1 heterocycles. The van der Waals surface area contributed by atoms with Gasteiger partial charge in [-0.1, -0.05) is 36.4 Å². The zero-order valence-corrected chi connectivity index (χ0v) is 14.7. The molecule has 3 aliphatic carbocycles. The highest BCUT2D eigenvalue weighted by Gasteiger charge is 2.62. The number of imide groups is 1. The average molecular weight is 345 g/mol. The number of ketones is 1. The summed E-state index contributed by atoms with van der Waals surface area (Å²) >= 11 is 0. The van der Waals surface area contributed by atoms with Crippen molar-refractivity contribution in [3.8, 4) is 0 Å². The molecule has 26 heavy (non-hydrogen) atoms. The second-order valence-corrected chi connectivity index (χ2v) is 7.74. The predicted molar refractivity (Wildman–Crippen MR) is 96.9 cm³/mol. The van der Waals surface area contributed by atoms with Crippen LogP contribution in [0.5, 0.6) is 0 Å². The largest absolute Gasteiger partial charge is 0.299 e. The summed E-state index contributed by atoms with van der Waals surface area (Å²) in [5.74, 6) is -1.90. The summed E-state index contributed by atoms with van der Waals surface area (Å²) < 4.78 is 0. The van der Waals surface area contributed by atoms with Gasteiger partial charge in [-0.25, -0.2) is 4.90 Å². The van der Waals surface area contributed by atoms with E-state index in [1.54, 1.807) is 0 Å². The standard InChI is InChI=1S/C22H19NO3/c1-11-7-8-12(2)16(9-11)23-21(25)19-15-10-17(24)18(20(19)22(23)26)14-6-4-3-5-13(14)15/h3-9,15,18-20H,10H2,1-2H3/t15-,18-,19-,20+/m1/s1. The molecule has 2 fully saturated rings. The van der Waals surface area contributed by atoms with Crippen LogP contribution in [0.25, 0.3) is 0 Å². The number of carbonyl (C=O) groups excluding carboxylic acids is 3. The van der Waals surface area contributed by atoms with Crippen LogP contribution >= 0.6 is 0 Å². The molecule has 0 N–H and O–H groups in total. The van der Waals surface area contributed by atoms with Crippen molar-refractivity contribution >= 4 is 23.3 Å². The van der Waals surface area contributed by atoms with Crippen molar-refractivity contribution in [2.45, 2.75) is 32.1 Å². The SMILES string of the molecule is Cc1ccc(C)c(N2C(=O)[C@@H]3[C@H](C2=O)[C@@H]2CC(=O)[C@H]3c3ccccc32)c1. The van der Waals surface area contributed by atoms with Gasteiger partial charge in [0.2, 0.25) is 11.8 Å². The highest BCUT2D eigenvalue weighted by Crippen LogP contribution is 2.57. The van der Waals surface area contributed by atoms with Crippen LogP contribution in [0.3, 0.4) is 0 Å². The van der Waals surface area contributed by atoms with Crippen LogP contribution in [0.4, 0.5) is 5.69 Å². The first-order valence-electron chi connectivity index (χ1n) is 9.05. The summed E-state index contributed by atoms with van der Waals surface area (Å²) in [5, 5.41) is 0. The van der Waals surface area contributed by atoms with E-state index in [0.29, 0.717) is 12.1 Å². The maximum atomic E-state index is 13.3. The quantitative estimate of drug-likeness (QED) is 0.746. The molecule has 0 spiro atoms. The fourth-order valence-corrected chi connectivity index (χ4v) is 5.16. The molecule has 4 heteroatoms. The Morgan fingerprint density at radius 1 is 0.885 bits per heavy atom. The second-order valence-electron chi connectivity index (χ2n) is 7.74. The van der Waals surface area contributed by atoms with Gasteiger partial charge in [0.25, 0.3) is 0 Å². The van der Waals surface area contributed by atoms with E-state index in [9.17, 15) is 14.4 Å². The Hall–Kier alpha value is -2.75. The molecule has 4 atom stereocenters. The van der Waals surface area contributed by atoms with Crippen LogP contribution < -0.4 is 4.90 Å². The number of rotatable bonds is 1. The van der Waals surface area contributed by atoms with E-state index in [-0.39, 0.29) is 23.5 Å². The molecule has 0 unspecified atom stereocenters. The first kappa shape index (κ1) is 15.5. The molecule has 6 rings (SSSR count). The second kappa shape index (κ2) is 5.13. The molecule has 4 aliphatic rings. The summed E-state index contributed by atoms with van der Waals surface area (Å²) in [6.45, 7) is 3.86. The van der Waals surface area contributed by atoms with Crippen molar-refractivity contribution in [3.05, 3.63) is 64.7 Å². The summed E-state index contributed by atoms with van der Waals surface area (Å²) in [6, 6.07) is 13.6. The lowest BCUT2D eigenvalue weighted by Crippen LogP contribution is -2.44. The predicted octanol–water partition coefficient (Wildman–Crippen LogP) is 3.26. The maximum absolute atomic E-state index is 13.3. The number of carbonyl (C=O) groups is 3. The van der Waals surface area contributed by atoms with Crippen molar-refractivity contribution in [2.24, 2.45) is 11.8 Å². The van der Waals surface area contributed by atoms with Gasteiger partial charge in [-0.05, 0) is 42.2 Å². The molecule has 2 bridgehead atoms. The summed E-state index contributed by atoms with van der Waals surface area (Å²) in [5.41, 5.74) is 4.57. The molecule has 1 saturated heterocycles. The molecule has 0 aromatic heterocycles. The third kappa shape index (κ3) is 1.82. The van der Waals surface area contributed by atoms with Crippen LogP contribution in [-0.2, 0) is 14.4 Å². The Balaban J connectivity index is 1.68. The van der Waals surface area contributed by atoms with E-state index in [1.807, 2.05) is 56.3 Å². The van der Waals surface area contributed by atoms with Crippen molar-refractivity contribution < 1.29 is 14.4 Å². The first-order valence-corrected chi connectivity index (χ1v) is 9.05. The highest BCUT2D eigenvalue weighted by molar-refractivity contribution is 6.25. The third-order valence-corrected chi connectivity index (χ3v) is 6.29. The third-order valence-electron chi connectivity index (χ3n) is 6.29. The van der Waals surface area contributed by atoms with E-state index in [1.165, 1.54) is 4.90 Å². The van der Waals surface area contributed by atoms with Crippen molar-refractivity contribution in [1.82, 2.24) is 0 Å². The summed E-state index contributed by atoms with van der Waals surface area (Å²) in [6.07, 6.45) is 0.364. The number of amides is 2. The number of Topliss-reactive ketones (excluding diaryl/α,β-unsaturated/α-hetero) is 1. The average Bonchev–Trinajstić information content (AvgIpc) is 2.89. The molecular formula is C22H19NO3. The fraction of sp³-hybridized carbons (Fsp3) is 0.318. The van der Waals surface area contributed by atoms with Crippen LogP contribution in [0.15, 0.2) is 42.5 Å². The molecule has 2 aromatic rings. The number of nitrogens with zero attached hydrogens (tertiary/aromatic N) is 1. The number of benzene rings is 2. The van der Waals surface area contributed by atoms with Gasteiger partial charge in [0.05, 0.1) is 23.4 Å². The van der Waals surface area contributed by atoms with Crippen molar-refractivity contribution in [2.75, 3.05) is 4.90 Å². The monoisotopic (exact) mass is 345 g/mol. The van der Waals surface area contributed by atoms with Crippen LogP contribution in [-0.4, -0.2) is 17.6 Å². The number of aryl methyl sites for hydroxylation is 2. The Bertz CT molecular complexity index is 993. The Kier molecular flexibility index (Phi) is 3.06. The minimum absolute atomic E-state index is 0.0962.